The Morgan fingerprint density at radius 1 is 1.07 bits per heavy atom. The summed E-state index contributed by atoms with van der Waals surface area (Å²) in [5.74, 6) is -2.13. The number of hydrogen-bond acceptors (Lipinski definition) is 8. The van der Waals surface area contributed by atoms with Gasteiger partial charge in [-0.1, -0.05) is 0 Å². The van der Waals surface area contributed by atoms with Crippen molar-refractivity contribution in [3.63, 3.8) is 0 Å². The molecule has 0 saturated carbocycles. The van der Waals surface area contributed by atoms with Crippen LogP contribution in [0.4, 0.5) is 0 Å². The molecule has 0 unspecified atom stereocenters. The van der Waals surface area contributed by atoms with E-state index in [2.05, 4.69) is 0 Å². The van der Waals surface area contributed by atoms with Crippen molar-refractivity contribution in [1.29, 1.82) is 0 Å². The minimum absolute atomic E-state index is 0. The number of hydrogen-bond donors (Lipinski definition) is 1. The molecule has 0 aromatic carbocycles. The molecule has 15 heavy (non-hydrogen) atoms. The molecule has 13 heteroatoms. The van der Waals surface area contributed by atoms with E-state index in [1.54, 1.807) is 0 Å². The SMILES string of the molecule is O=S(=O)([O-])CCS(=O)(=O)O.O=[N+]([O-])[O-].[Zn+2]. The van der Waals surface area contributed by atoms with Gasteiger partial charge < -0.3 is 19.9 Å². The standard InChI is InChI=1S/C2H6O6S2.NO3.Zn/c3-9(4,5)1-2-10(6,7)8;2-1(3)4;/h1-2H2,(H,3,4,5)(H,6,7,8);;/q;-1;+2/p-1. The summed E-state index contributed by atoms with van der Waals surface area (Å²) in [5, 5.41) is 14.8. The van der Waals surface area contributed by atoms with Crippen LogP contribution in [0.3, 0.4) is 0 Å². The molecular weight excluding hydrogens is 312 g/mol. The van der Waals surface area contributed by atoms with Crippen LogP contribution in [0.2, 0.25) is 0 Å². The Kier molecular flexibility index (Phi) is 10.6. The van der Waals surface area contributed by atoms with Gasteiger partial charge in [0.2, 0.25) is 0 Å². The first-order valence-corrected chi connectivity index (χ1v) is 5.83. The van der Waals surface area contributed by atoms with Gasteiger partial charge in [0.25, 0.3) is 10.1 Å². The maximum absolute atomic E-state index is 9.83. The van der Waals surface area contributed by atoms with Gasteiger partial charge in [-0.2, -0.15) is 8.42 Å². The first kappa shape index (κ1) is 20.1. The molecule has 10 nitrogen and oxygen atoms in total. The van der Waals surface area contributed by atoms with Gasteiger partial charge in [0.1, 0.15) is 0 Å². The summed E-state index contributed by atoms with van der Waals surface area (Å²) in [6, 6.07) is 0. The Morgan fingerprint density at radius 2 is 1.33 bits per heavy atom. The van der Waals surface area contributed by atoms with E-state index in [0.717, 1.165) is 0 Å². The second kappa shape index (κ2) is 7.87. The summed E-state index contributed by atoms with van der Waals surface area (Å²) in [5.41, 5.74) is 0. The monoisotopic (exact) mass is 315 g/mol. The fourth-order valence-corrected chi connectivity index (χ4v) is 1.87. The normalized spacial score (nSPS) is 10.5. The zero-order chi connectivity index (χ0) is 12.0. The maximum atomic E-state index is 9.83. The number of nitrogens with zero attached hydrogens (tertiary/aromatic N) is 1. The molecule has 0 spiro atoms. The molecule has 0 atom stereocenters. The molecule has 0 amide bonds. The van der Waals surface area contributed by atoms with Crippen molar-refractivity contribution in [1.82, 2.24) is 0 Å². The second-order valence-corrected chi connectivity index (χ2v) is 4.87. The van der Waals surface area contributed by atoms with Crippen LogP contribution in [0, 0.1) is 15.3 Å². The van der Waals surface area contributed by atoms with Crippen LogP contribution in [0.1, 0.15) is 0 Å². The molecule has 0 heterocycles. The third-order valence-corrected chi connectivity index (χ3v) is 2.27. The van der Waals surface area contributed by atoms with E-state index in [-0.39, 0.29) is 19.5 Å². The molecule has 0 fully saturated rings. The van der Waals surface area contributed by atoms with Crippen molar-refractivity contribution in [3.05, 3.63) is 15.3 Å². The van der Waals surface area contributed by atoms with E-state index in [4.69, 9.17) is 19.9 Å². The zero-order valence-electron chi connectivity index (χ0n) is 7.10. The zero-order valence-corrected chi connectivity index (χ0v) is 11.7. The van der Waals surface area contributed by atoms with Gasteiger partial charge in [-0.05, 0) is 0 Å². The van der Waals surface area contributed by atoms with E-state index in [0.29, 0.717) is 0 Å². The molecule has 0 aromatic rings. The third kappa shape index (κ3) is 41.9. The topological polar surface area (TPSA) is 178 Å². The quantitative estimate of drug-likeness (QED) is 0.271. The van der Waals surface area contributed by atoms with Crippen LogP contribution in [-0.2, 0) is 39.7 Å². The first-order chi connectivity index (χ1) is 5.94. The van der Waals surface area contributed by atoms with Crippen LogP contribution in [0.15, 0.2) is 0 Å². The van der Waals surface area contributed by atoms with Crippen LogP contribution >= 0.6 is 0 Å². The Bertz CT molecular complexity index is 333. The summed E-state index contributed by atoms with van der Waals surface area (Å²) in [6.45, 7) is 0. The molecular formula is C2H5NO9S2Zn. The van der Waals surface area contributed by atoms with Gasteiger partial charge in [-0.25, -0.2) is 8.42 Å². The molecule has 0 radical (unpaired) electrons. The Morgan fingerprint density at radius 3 is 1.40 bits per heavy atom. The maximum Gasteiger partial charge on any atom is 2.00 e. The van der Waals surface area contributed by atoms with Crippen molar-refractivity contribution >= 4 is 20.2 Å². The summed E-state index contributed by atoms with van der Waals surface area (Å²) in [4.78, 5) is 8.25. The van der Waals surface area contributed by atoms with E-state index in [9.17, 15) is 21.4 Å². The van der Waals surface area contributed by atoms with Crippen LogP contribution in [-0.4, -0.2) is 42.5 Å². The summed E-state index contributed by atoms with van der Waals surface area (Å²) < 4.78 is 56.9. The van der Waals surface area contributed by atoms with Gasteiger partial charge in [0.15, 0.2) is 0 Å². The Balaban J connectivity index is -0.000000249. The largest absolute Gasteiger partial charge is 2.00 e. The second-order valence-electron chi connectivity index (χ2n) is 1.77. The van der Waals surface area contributed by atoms with Crippen molar-refractivity contribution in [3.8, 4) is 0 Å². The predicted octanol–water partition coefficient (Wildman–Crippen LogP) is -1.82. The minimum Gasteiger partial charge on any atom is -0.748 e. The third-order valence-electron chi connectivity index (χ3n) is 0.591. The Labute approximate surface area is 97.7 Å². The molecule has 0 aliphatic rings. The van der Waals surface area contributed by atoms with E-state index >= 15 is 0 Å². The molecule has 0 rings (SSSR count). The molecule has 1 N–H and O–H groups in total. The first-order valence-electron chi connectivity index (χ1n) is 2.64. The van der Waals surface area contributed by atoms with Crippen LogP contribution in [0.5, 0.6) is 0 Å². The predicted molar refractivity (Wildman–Crippen MR) is 41.3 cm³/mol. The molecule has 0 aliphatic heterocycles. The van der Waals surface area contributed by atoms with E-state index < -0.39 is 36.8 Å². The molecule has 0 bridgehead atoms. The van der Waals surface area contributed by atoms with Gasteiger partial charge in [0, 0.05) is 0 Å². The molecule has 0 aromatic heterocycles. The minimum atomic E-state index is -4.55. The molecule has 0 aliphatic carbocycles. The fourth-order valence-electron chi connectivity index (χ4n) is 0.207. The van der Waals surface area contributed by atoms with Gasteiger partial charge >= 0.3 is 19.5 Å². The Hall–Kier alpha value is -0.357. The summed E-state index contributed by atoms with van der Waals surface area (Å²) >= 11 is 0. The van der Waals surface area contributed by atoms with Gasteiger partial charge in [0.05, 0.1) is 26.7 Å². The molecule has 86 valence electrons. The van der Waals surface area contributed by atoms with Crippen molar-refractivity contribution in [2.45, 2.75) is 0 Å². The smallest absolute Gasteiger partial charge is 0.748 e. The fraction of sp³-hybridized carbons (Fsp3) is 1.00. The van der Waals surface area contributed by atoms with Gasteiger partial charge in [-0.15, -0.1) is 0 Å². The average Bonchev–Trinajstić information content (AvgIpc) is 1.79. The van der Waals surface area contributed by atoms with Crippen molar-refractivity contribution in [2.24, 2.45) is 0 Å². The average molecular weight is 317 g/mol. The van der Waals surface area contributed by atoms with Crippen LogP contribution < -0.4 is 0 Å². The number of rotatable bonds is 3. The molecule has 0 saturated heterocycles. The summed E-state index contributed by atoms with van der Waals surface area (Å²) in [7, 11) is -8.88. The van der Waals surface area contributed by atoms with Crippen molar-refractivity contribution in [2.75, 3.05) is 11.5 Å². The van der Waals surface area contributed by atoms with Gasteiger partial charge in [-0.3, -0.25) is 4.55 Å². The summed E-state index contributed by atoms with van der Waals surface area (Å²) in [6.07, 6.45) is 0. The van der Waals surface area contributed by atoms with Crippen molar-refractivity contribution < 1.29 is 50.5 Å². The van der Waals surface area contributed by atoms with Crippen LogP contribution in [0.25, 0.3) is 0 Å². The van der Waals surface area contributed by atoms with E-state index in [1.165, 1.54) is 0 Å². The van der Waals surface area contributed by atoms with E-state index in [1.807, 2.05) is 0 Å².